The average Bonchev–Trinajstić information content (AvgIpc) is 2.39. The van der Waals surface area contributed by atoms with Crippen LogP contribution in [0.4, 0.5) is 0 Å². The summed E-state index contributed by atoms with van der Waals surface area (Å²) in [6.07, 6.45) is 8.82. The Morgan fingerprint density at radius 2 is 1.70 bits per heavy atom. The predicted octanol–water partition coefficient (Wildman–Crippen LogP) is 4.61. The van der Waals surface area contributed by atoms with Crippen LogP contribution in [0.15, 0.2) is 0 Å². The summed E-state index contributed by atoms with van der Waals surface area (Å²) in [6.45, 7) is 13.1. The number of ether oxygens (including phenoxy) is 1. The third kappa shape index (κ3) is 11.3. The van der Waals surface area contributed by atoms with Crippen molar-refractivity contribution in [1.29, 1.82) is 0 Å². The molecule has 0 saturated heterocycles. The minimum absolute atomic E-state index is 0.187. The molecule has 0 aliphatic carbocycles. The fourth-order valence-corrected chi connectivity index (χ4v) is 2.21. The highest BCUT2D eigenvalue weighted by atomic mass is 16.5. The SMILES string of the molecule is CCCN(CCCCCCC(C)(C)CC)COC(C)=O. The molecule has 0 saturated carbocycles. The molecular formula is C17H35NO2. The predicted molar refractivity (Wildman–Crippen MR) is 85.7 cm³/mol. The maximum absolute atomic E-state index is 10.8. The third-order valence-corrected chi connectivity index (χ3v) is 4.03. The maximum atomic E-state index is 10.8. The summed E-state index contributed by atoms with van der Waals surface area (Å²) in [5, 5.41) is 0. The molecule has 0 aliphatic rings. The summed E-state index contributed by atoms with van der Waals surface area (Å²) in [4.78, 5) is 13.1. The largest absolute Gasteiger partial charge is 0.450 e. The lowest BCUT2D eigenvalue weighted by Gasteiger charge is -2.23. The van der Waals surface area contributed by atoms with Crippen LogP contribution < -0.4 is 0 Å². The summed E-state index contributed by atoms with van der Waals surface area (Å²) >= 11 is 0. The Hall–Kier alpha value is -0.570. The molecule has 120 valence electrons. The van der Waals surface area contributed by atoms with Gasteiger partial charge in [0.25, 0.3) is 0 Å². The first-order valence-electron chi connectivity index (χ1n) is 8.27. The van der Waals surface area contributed by atoms with Crippen molar-refractivity contribution < 1.29 is 9.53 Å². The van der Waals surface area contributed by atoms with Crippen LogP contribution in [-0.4, -0.2) is 30.7 Å². The fraction of sp³-hybridized carbons (Fsp3) is 0.941. The van der Waals surface area contributed by atoms with Crippen LogP contribution >= 0.6 is 0 Å². The van der Waals surface area contributed by atoms with E-state index in [1.165, 1.54) is 45.4 Å². The molecule has 0 rings (SSSR count). The van der Waals surface area contributed by atoms with Crippen molar-refractivity contribution in [1.82, 2.24) is 4.90 Å². The van der Waals surface area contributed by atoms with Gasteiger partial charge in [0, 0.05) is 20.0 Å². The lowest BCUT2D eigenvalue weighted by Crippen LogP contribution is -2.29. The highest BCUT2D eigenvalue weighted by Crippen LogP contribution is 2.27. The van der Waals surface area contributed by atoms with Crippen LogP contribution in [0, 0.1) is 5.41 Å². The van der Waals surface area contributed by atoms with Gasteiger partial charge < -0.3 is 4.74 Å². The number of unbranched alkanes of at least 4 members (excludes halogenated alkanes) is 3. The Kier molecular flexibility index (Phi) is 10.8. The quantitative estimate of drug-likeness (QED) is 0.298. The van der Waals surface area contributed by atoms with E-state index >= 15 is 0 Å². The molecule has 0 aromatic rings. The van der Waals surface area contributed by atoms with E-state index in [1.54, 1.807) is 0 Å². The van der Waals surface area contributed by atoms with Crippen LogP contribution in [0.25, 0.3) is 0 Å². The first kappa shape index (κ1) is 19.4. The second-order valence-electron chi connectivity index (χ2n) is 6.57. The van der Waals surface area contributed by atoms with E-state index < -0.39 is 0 Å². The van der Waals surface area contributed by atoms with Gasteiger partial charge in [-0.15, -0.1) is 0 Å². The van der Waals surface area contributed by atoms with Crippen molar-refractivity contribution >= 4 is 5.97 Å². The van der Waals surface area contributed by atoms with Crippen molar-refractivity contribution in [3.63, 3.8) is 0 Å². The highest BCUT2D eigenvalue weighted by molar-refractivity contribution is 5.65. The van der Waals surface area contributed by atoms with Crippen LogP contribution in [0.3, 0.4) is 0 Å². The van der Waals surface area contributed by atoms with Gasteiger partial charge in [0.2, 0.25) is 0 Å². The highest BCUT2D eigenvalue weighted by Gasteiger charge is 2.13. The number of carbonyl (C=O) groups excluding carboxylic acids is 1. The zero-order chi connectivity index (χ0) is 15.4. The topological polar surface area (TPSA) is 29.5 Å². The lowest BCUT2D eigenvalue weighted by atomic mass is 9.84. The van der Waals surface area contributed by atoms with Gasteiger partial charge in [-0.1, -0.05) is 53.4 Å². The molecule has 0 aromatic heterocycles. The van der Waals surface area contributed by atoms with Crippen LogP contribution in [0.2, 0.25) is 0 Å². The van der Waals surface area contributed by atoms with Gasteiger partial charge in [-0.2, -0.15) is 0 Å². The van der Waals surface area contributed by atoms with E-state index in [1.807, 2.05) is 0 Å². The molecule has 3 nitrogen and oxygen atoms in total. The Morgan fingerprint density at radius 1 is 1.05 bits per heavy atom. The number of hydrogen-bond acceptors (Lipinski definition) is 3. The molecule has 0 spiro atoms. The Bertz CT molecular complexity index is 251. The van der Waals surface area contributed by atoms with Crippen LogP contribution in [-0.2, 0) is 9.53 Å². The number of hydrogen-bond donors (Lipinski definition) is 0. The summed E-state index contributed by atoms with van der Waals surface area (Å²) in [7, 11) is 0. The second-order valence-corrected chi connectivity index (χ2v) is 6.57. The van der Waals surface area contributed by atoms with Crippen molar-refractivity contribution in [2.75, 3.05) is 19.8 Å². The maximum Gasteiger partial charge on any atom is 0.303 e. The van der Waals surface area contributed by atoms with Gasteiger partial charge in [0.15, 0.2) is 0 Å². The molecule has 0 unspecified atom stereocenters. The third-order valence-electron chi connectivity index (χ3n) is 4.03. The Morgan fingerprint density at radius 3 is 2.25 bits per heavy atom. The average molecular weight is 285 g/mol. The van der Waals surface area contributed by atoms with Gasteiger partial charge in [-0.05, 0) is 24.7 Å². The number of rotatable bonds is 12. The van der Waals surface area contributed by atoms with E-state index in [0.29, 0.717) is 12.1 Å². The molecule has 20 heavy (non-hydrogen) atoms. The van der Waals surface area contributed by atoms with Gasteiger partial charge >= 0.3 is 5.97 Å². The molecule has 0 aromatic carbocycles. The van der Waals surface area contributed by atoms with Crippen molar-refractivity contribution in [2.45, 2.75) is 79.6 Å². The van der Waals surface area contributed by atoms with E-state index in [4.69, 9.17) is 4.74 Å². The summed E-state index contributed by atoms with van der Waals surface area (Å²) in [6, 6.07) is 0. The van der Waals surface area contributed by atoms with Gasteiger partial charge in [-0.25, -0.2) is 0 Å². The summed E-state index contributed by atoms with van der Waals surface area (Å²) in [5.74, 6) is -0.187. The molecule has 3 heteroatoms. The minimum Gasteiger partial charge on any atom is -0.450 e. The van der Waals surface area contributed by atoms with E-state index in [0.717, 1.165) is 19.5 Å². The molecule has 0 fully saturated rings. The lowest BCUT2D eigenvalue weighted by molar-refractivity contribution is -0.145. The standard InChI is InChI=1S/C17H35NO2/c1-6-13-18(15-20-16(3)19)14-11-9-8-10-12-17(4,5)7-2/h6-15H2,1-5H3. The van der Waals surface area contributed by atoms with E-state index in [2.05, 4.69) is 32.6 Å². The molecular weight excluding hydrogens is 250 g/mol. The molecule has 0 radical (unpaired) electrons. The van der Waals surface area contributed by atoms with Gasteiger partial charge in [0.1, 0.15) is 6.73 Å². The fourth-order valence-electron chi connectivity index (χ4n) is 2.21. The molecule has 0 amide bonds. The molecule has 0 aliphatic heterocycles. The first-order valence-corrected chi connectivity index (χ1v) is 8.27. The minimum atomic E-state index is -0.187. The molecule has 0 N–H and O–H groups in total. The molecule has 0 heterocycles. The normalized spacial score (nSPS) is 11.9. The zero-order valence-electron chi connectivity index (χ0n) is 14.3. The van der Waals surface area contributed by atoms with Gasteiger partial charge in [-0.3, -0.25) is 9.69 Å². The zero-order valence-corrected chi connectivity index (χ0v) is 14.3. The van der Waals surface area contributed by atoms with Crippen LogP contribution in [0.1, 0.15) is 79.6 Å². The molecule has 0 atom stereocenters. The summed E-state index contributed by atoms with van der Waals surface area (Å²) in [5.41, 5.74) is 0.504. The van der Waals surface area contributed by atoms with Crippen molar-refractivity contribution in [3.05, 3.63) is 0 Å². The summed E-state index contributed by atoms with van der Waals surface area (Å²) < 4.78 is 5.08. The van der Waals surface area contributed by atoms with Crippen molar-refractivity contribution in [2.24, 2.45) is 5.41 Å². The van der Waals surface area contributed by atoms with E-state index in [9.17, 15) is 4.79 Å². The van der Waals surface area contributed by atoms with Crippen LogP contribution in [0.5, 0.6) is 0 Å². The first-order chi connectivity index (χ1) is 9.41. The smallest absolute Gasteiger partial charge is 0.303 e. The number of esters is 1. The number of nitrogens with zero attached hydrogens (tertiary/aromatic N) is 1. The monoisotopic (exact) mass is 285 g/mol. The Balaban J connectivity index is 3.65. The van der Waals surface area contributed by atoms with Crippen molar-refractivity contribution in [3.8, 4) is 0 Å². The Labute approximate surface area is 126 Å². The van der Waals surface area contributed by atoms with E-state index in [-0.39, 0.29) is 5.97 Å². The second kappa shape index (κ2) is 11.1. The molecule has 0 bridgehead atoms. The number of carbonyl (C=O) groups is 1. The van der Waals surface area contributed by atoms with Gasteiger partial charge in [0.05, 0.1) is 0 Å².